The Morgan fingerprint density at radius 2 is 2.05 bits per heavy atom. The van der Waals surface area contributed by atoms with Gasteiger partial charge in [-0.05, 0) is 49.8 Å². The zero-order chi connectivity index (χ0) is 15.1. The molecule has 21 heavy (non-hydrogen) atoms. The molecule has 1 aliphatic rings. The van der Waals surface area contributed by atoms with Gasteiger partial charge < -0.3 is 19.9 Å². The van der Waals surface area contributed by atoms with Crippen LogP contribution in [0.15, 0.2) is 24.3 Å². The fourth-order valence-electron chi connectivity index (χ4n) is 2.40. The van der Waals surface area contributed by atoms with Crippen LogP contribution in [0.25, 0.3) is 0 Å². The van der Waals surface area contributed by atoms with Gasteiger partial charge in [0.25, 0.3) is 0 Å². The van der Waals surface area contributed by atoms with Gasteiger partial charge in [-0.1, -0.05) is 0 Å². The molecule has 2 rings (SSSR count). The minimum atomic E-state index is -0.498. The quantitative estimate of drug-likeness (QED) is 0.771. The highest BCUT2D eigenvalue weighted by atomic mass is 32.2. The number of benzene rings is 1. The number of ether oxygens (including phenoxy) is 2. The molecule has 0 spiro atoms. The van der Waals surface area contributed by atoms with Crippen molar-refractivity contribution in [2.24, 2.45) is 0 Å². The van der Waals surface area contributed by atoms with Gasteiger partial charge in [0.15, 0.2) is 0 Å². The van der Waals surface area contributed by atoms with E-state index in [1.165, 1.54) is 18.6 Å². The second kappa shape index (κ2) is 7.92. The lowest BCUT2D eigenvalue weighted by Crippen LogP contribution is -2.39. The lowest BCUT2D eigenvalue weighted by Gasteiger charge is -2.24. The summed E-state index contributed by atoms with van der Waals surface area (Å²) in [6.07, 6.45) is 2.05. The molecule has 0 aliphatic carbocycles. The molecule has 1 saturated heterocycles. The first-order valence-electron chi connectivity index (χ1n) is 7.41. The van der Waals surface area contributed by atoms with Crippen LogP contribution in [0.1, 0.15) is 19.8 Å². The lowest BCUT2D eigenvalue weighted by molar-refractivity contribution is 0.106. The van der Waals surface area contributed by atoms with Gasteiger partial charge >= 0.3 is 0 Å². The van der Waals surface area contributed by atoms with Gasteiger partial charge in [-0.25, -0.2) is 0 Å². The molecule has 0 bridgehead atoms. The number of aliphatic hydroxyl groups excluding tert-OH is 1. The van der Waals surface area contributed by atoms with E-state index in [1.54, 1.807) is 7.11 Å². The molecule has 1 aromatic rings. The van der Waals surface area contributed by atoms with E-state index in [0.29, 0.717) is 17.9 Å². The fourth-order valence-corrected chi connectivity index (χ4v) is 3.68. The van der Waals surface area contributed by atoms with Gasteiger partial charge in [0.2, 0.25) is 0 Å². The van der Waals surface area contributed by atoms with Crippen molar-refractivity contribution in [3.05, 3.63) is 24.3 Å². The van der Waals surface area contributed by atoms with Crippen LogP contribution < -0.4 is 14.8 Å². The van der Waals surface area contributed by atoms with Gasteiger partial charge in [0.1, 0.15) is 24.2 Å². The Kier molecular flexibility index (Phi) is 6.21. The van der Waals surface area contributed by atoms with Crippen molar-refractivity contribution in [2.45, 2.75) is 30.6 Å². The number of thioether (sulfide) groups is 1. The predicted octanol–water partition coefficient (Wildman–Crippen LogP) is 2.31. The van der Waals surface area contributed by atoms with Crippen LogP contribution in [0.3, 0.4) is 0 Å². The highest BCUT2D eigenvalue weighted by Crippen LogP contribution is 2.36. The van der Waals surface area contributed by atoms with Gasteiger partial charge in [0.05, 0.1) is 7.11 Å². The van der Waals surface area contributed by atoms with Gasteiger partial charge in [-0.2, -0.15) is 11.8 Å². The van der Waals surface area contributed by atoms with E-state index in [2.05, 4.69) is 12.2 Å². The molecule has 2 atom stereocenters. The first-order chi connectivity index (χ1) is 10.1. The van der Waals surface area contributed by atoms with Crippen LogP contribution in [-0.4, -0.2) is 48.5 Å². The van der Waals surface area contributed by atoms with Crippen molar-refractivity contribution in [3.8, 4) is 11.5 Å². The Morgan fingerprint density at radius 1 is 1.33 bits per heavy atom. The third-order valence-corrected chi connectivity index (χ3v) is 5.22. The monoisotopic (exact) mass is 311 g/mol. The smallest absolute Gasteiger partial charge is 0.119 e. The molecule has 2 N–H and O–H groups in total. The Balaban J connectivity index is 1.63. The van der Waals surface area contributed by atoms with Crippen LogP contribution in [0.5, 0.6) is 11.5 Å². The van der Waals surface area contributed by atoms with Crippen LogP contribution in [0, 0.1) is 0 Å². The SMILES string of the molecule is COc1ccc(OCC(O)CNCC2(C)CCCS2)cc1. The average Bonchev–Trinajstić information content (AvgIpc) is 2.92. The molecule has 1 heterocycles. The summed E-state index contributed by atoms with van der Waals surface area (Å²) >= 11 is 2.02. The largest absolute Gasteiger partial charge is 0.497 e. The fraction of sp³-hybridized carbons (Fsp3) is 0.625. The summed E-state index contributed by atoms with van der Waals surface area (Å²) in [7, 11) is 1.63. The number of aliphatic hydroxyl groups is 1. The normalized spacial score (nSPS) is 23.0. The van der Waals surface area contributed by atoms with Crippen molar-refractivity contribution >= 4 is 11.8 Å². The number of methoxy groups -OCH3 is 1. The molecule has 0 amide bonds. The van der Waals surface area contributed by atoms with Crippen molar-refractivity contribution in [2.75, 3.05) is 32.6 Å². The topological polar surface area (TPSA) is 50.7 Å². The molecule has 0 aromatic heterocycles. The van der Waals surface area contributed by atoms with Gasteiger partial charge in [0, 0.05) is 17.8 Å². The molecule has 1 fully saturated rings. The van der Waals surface area contributed by atoms with Gasteiger partial charge in [-0.15, -0.1) is 0 Å². The Morgan fingerprint density at radius 3 is 2.67 bits per heavy atom. The summed E-state index contributed by atoms with van der Waals surface area (Å²) in [6.45, 7) is 4.09. The number of nitrogens with one attached hydrogen (secondary N) is 1. The van der Waals surface area contributed by atoms with Crippen molar-refractivity contribution in [1.82, 2.24) is 5.32 Å². The maximum absolute atomic E-state index is 9.95. The zero-order valence-electron chi connectivity index (χ0n) is 12.8. The summed E-state index contributed by atoms with van der Waals surface area (Å²) in [6, 6.07) is 7.38. The highest BCUT2D eigenvalue weighted by Gasteiger charge is 2.28. The van der Waals surface area contributed by atoms with Crippen molar-refractivity contribution in [1.29, 1.82) is 0 Å². The number of hydrogen-bond acceptors (Lipinski definition) is 5. The van der Waals surface area contributed by atoms with E-state index in [-0.39, 0.29) is 0 Å². The van der Waals surface area contributed by atoms with Crippen LogP contribution in [-0.2, 0) is 0 Å². The molecule has 1 aliphatic heterocycles. The summed E-state index contributed by atoms with van der Waals surface area (Å²) in [5.41, 5.74) is 0. The number of hydrogen-bond donors (Lipinski definition) is 2. The maximum atomic E-state index is 9.95. The summed E-state index contributed by atoms with van der Waals surface area (Å²) in [5.74, 6) is 2.79. The molecule has 4 nitrogen and oxygen atoms in total. The summed E-state index contributed by atoms with van der Waals surface area (Å²) in [4.78, 5) is 0. The molecular formula is C16H25NO3S. The minimum Gasteiger partial charge on any atom is -0.497 e. The molecule has 118 valence electrons. The molecule has 1 aromatic carbocycles. The Hall–Kier alpha value is -0.910. The highest BCUT2D eigenvalue weighted by molar-refractivity contribution is 8.00. The molecular weight excluding hydrogens is 286 g/mol. The van der Waals surface area contributed by atoms with E-state index >= 15 is 0 Å². The van der Waals surface area contributed by atoms with E-state index in [0.717, 1.165) is 18.0 Å². The molecule has 5 heteroatoms. The predicted molar refractivity (Wildman–Crippen MR) is 87.5 cm³/mol. The second-order valence-electron chi connectivity index (χ2n) is 5.67. The number of rotatable bonds is 8. The van der Waals surface area contributed by atoms with Crippen LogP contribution in [0.2, 0.25) is 0 Å². The maximum Gasteiger partial charge on any atom is 0.119 e. The van der Waals surface area contributed by atoms with Crippen LogP contribution >= 0.6 is 11.8 Å². The van der Waals surface area contributed by atoms with Crippen LogP contribution in [0.4, 0.5) is 0 Å². The van der Waals surface area contributed by atoms with E-state index in [9.17, 15) is 5.11 Å². The third-order valence-electron chi connectivity index (χ3n) is 3.68. The molecule has 2 unspecified atom stereocenters. The average molecular weight is 311 g/mol. The standard InChI is InChI=1S/C16H25NO3S/c1-16(8-3-9-21-16)12-17-10-13(18)11-20-15-6-4-14(19-2)5-7-15/h4-7,13,17-18H,3,8-12H2,1-2H3. The Labute approximate surface area is 131 Å². The summed E-state index contributed by atoms with van der Waals surface area (Å²) in [5, 5.41) is 13.3. The minimum absolute atomic E-state index is 0.295. The van der Waals surface area contributed by atoms with Gasteiger partial charge in [-0.3, -0.25) is 0 Å². The molecule has 0 saturated carbocycles. The Bertz CT molecular complexity index is 418. The first-order valence-corrected chi connectivity index (χ1v) is 8.39. The summed E-state index contributed by atoms with van der Waals surface area (Å²) < 4.78 is 11.0. The zero-order valence-corrected chi connectivity index (χ0v) is 13.6. The van der Waals surface area contributed by atoms with Crippen molar-refractivity contribution < 1.29 is 14.6 Å². The van der Waals surface area contributed by atoms with E-state index in [4.69, 9.17) is 9.47 Å². The first kappa shape index (κ1) is 16.5. The lowest BCUT2D eigenvalue weighted by atomic mass is 10.1. The third kappa shape index (κ3) is 5.41. The van der Waals surface area contributed by atoms with Crippen molar-refractivity contribution in [3.63, 3.8) is 0 Å². The molecule has 0 radical (unpaired) electrons. The van der Waals surface area contributed by atoms with E-state index < -0.39 is 6.10 Å². The second-order valence-corrected chi connectivity index (χ2v) is 7.36. The van der Waals surface area contributed by atoms with E-state index in [1.807, 2.05) is 36.0 Å².